The van der Waals surface area contributed by atoms with Gasteiger partial charge < -0.3 is 18.9 Å². The molecule has 4 heterocycles. The van der Waals surface area contributed by atoms with Crippen LogP contribution in [0.1, 0.15) is 20.1 Å². The molecule has 0 saturated carbocycles. The van der Waals surface area contributed by atoms with E-state index in [4.69, 9.17) is 18.9 Å². The molecule has 24 heavy (non-hydrogen) atoms. The smallest absolute Gasteiger partial charge is 0.333 e. The summed E-state index contributed by atoms with van der Waals surface area (Å²) in [5, 5.41) is 0. The number of ether oxygens (including phenoxy) is 4. The van der Waals surface area contributed by atoms with Crippen LogP contribution in [-0.4, -0.2) is 46.4 Å². The summed E-state index contributed by atoms with van der Waals surface area (Å²) in [5.41, 5.74) is -0.778. The number of hydrogen-bond acceptors (Lipinski definition) is 6. The van der Waals surface area contributed by atoms with Crippen molar-refractivity contribution in [2.75, 3.05) is 13.2 Å². The van der Waals surface area contributed by atoms with Gasteiger partial charge in [-0.3, -0.25) is 13.9 Å². The molecule has 0 aromatic carbocycles. The zero-order valence-electron chi connectivity index (χ0n) is 13.6. The third-order valence-corrected chi connectivity index (χ3v) is 4.45. The molecule has 4 rings (SSSR count). The second-order valence-electron chi connectivity index (χ2n) is 6.59. The van der Waals surface area contributed by atoms with Crippen molar-refractivity contribution in [3.05, 3.63) is 45.3 Å². The van der Waals surface area contributed by atoms with Gasteiger partial charge in [-0.15, -0.1) is 0 Å². The Morgan fingerprint density at radius 3 is 2.79 bits per heavy atom. The van der Waals surface area contributed by atoms with Gasteiger partial charge in [0.15, 0.2) is 12.0 Å². The molecule has 2 fully saturated rings. The highest BCUT2D eigenvalue weighted by molar-refractivity contribution is 5.00. The summed E-state index contributed by atoms with van der Waals surface area (Å²) in [4.78, 5) is 24.7. The second-order valence-corrected chi connectivity index (χ2v) is 6.59. The zero-order chi connectivity index (χ0) is 16.9. The average Bonchev–Trinajstić information content (AvgIpc) is 2.99. The maximum absolute atomic E-state index is 12.7. The summed E-state index contributed by atoms with van der Waals surface area (Å²) in [7, 11) is 0. The highest BCUT2D eigenvalue weighted by Crippen LogP contribution is 2.42. The van der Waals surface area contributed by atoms with Crippen molar-refractivity contribution in [3.63, 3.8) is 0 Å². The van der Waals surface area contributed by atoms with E-state index in [1.165, 1.54) is 16.8 Å². The van der Waals surface area contributed by atoms with Gasteiger partial charge in [0.1, 0.15) is 18.3 Å². The molecule has 4 bridgehead atoms. The maximum Gasteiger partial charge on any atom is 0.333 e. The molecule has 130 valence electrons. The van der Waals surface area contributed by atoms with Gasteiger partial charge in [-0.1, -0.05) is 12.2 Å². The van der Waals surface area contributed by atoms with Crippen molar-refractivity contribution in [2.45, 2.75) is 50.7 Å². The van der Waals surface area contributed by atoms with E-state index in [-0.39, 0.29) is 24.3 Å². The Labute approximate surface area is 138 Å². The summed E-state index contributed by atoms with van der Waals surface area (Å²) in [5.74, 6) is -0.759. The predicted octanol–water partition coefficient (Wildman–Crippen LogP) is 0.0139. The largest absolute Gasteiger partial charge is 0.375 e. The van der Waals surface area contributed by atoms with Crippen molar-refractivity contribution in [1.82, 2.24) is 9.13 Å². The van der Waals surface area contributed by atoms with Crippen molar-refractivity contribution in [1.29, 1.82) is 0 Å². The minimum Gasteiger partial charge on any atom is -0.375 e. The molecule has 8 heteroatoms. The van der Waals surface area contributed by atoms with E-state index in [9.17, 15) is 9.59 Å². The van der Waals surface area contributed by atoms with Crippen LogP contribution in [0.4, 0.5) is 0 Å². The van der Waals surface area contributed by atoms with E-state index in [0.717, 1.165) is 4.57 Å². The Hall–Kier alpha value is -1.74. The lowest BCUT2D eigenvalue weighted by Gasteiger charge is -2.25. The van der Waals surface area contributed by atoms with Crippen molar-refractivity contribution >= 4 is 0 Å². The van der Waals surface area contributed by atoms with Crippen LogP contribution >= 0.6 is 0 Å². The Bertz CT molecular complexity index is 780. The molecule has 3 aliphatic heterocycles. The summed E-state index contributed by atoms with van der Waals surface area (Å²) in [6.07, 6.45) is 3.21. The Morgan fingerprint density at radius 2 is 1.96 bits per heavy atom. The Kier molecular flexibility index (Phi) is 3.72. The van der Waals surface area contributed by atoms with Gasteiger partial charge in [0.25, 0.3) is 5.56 Å². The van der Waals surface area contributed by atoms with Crippen molar-refractivity contribution < 1.29 is 18.9 Å². The second kappa shape index (κ2) is 5.66. The van der Waals surface area contributed by atoms with E-state index in [1.54, 1.807) is 12.2 Å². The lowest BCUT2D eigenvalue weighted by Crippen LogP contribution is -2.43. The van der Waals surface area contributed by atoms with E-state index in [0.29, 0.717) is 13.2 Å². The van der Waals surface area contributed by atoms with Crippen LogP contribution in [0.5, 0.6) is 0 Å². The van der Waals surface area contributed by atoms with Crippen LogP contribution in [-0.2, 0) is 25.5 Å². The summed E-state index contributed by atoms with van der Waals surface area (Å²) < 4.78 is 26.1. The number of fused-ring (bicyclic) bond motifs is 8. The summed E-state index contributed by atoms with van der Waals surface area (Å²) >= 11 is 0. The molecule has 2 saturated heterocycles. The van der Waals surface area contributed by atoms with Crippen LogP contribution in [0.25, 0.3) is 0 Å². The summed E-state index contributed by atoms with van der Waals surface area (Å²) in [6, 6.07) is 1.37. The zero-order valence-corrected chi connectivity index (χ0v) is 13.6. The lowest BCUT2D eigenvalue weighted by molar-refractivity contribution is -0.202. The lowest BCUT2D eigenvalue weighted by atomic mass is 10.1. The quantitative estimate of drug-likeness (QED) is 0.621. The van der Waals surface area contributed by atoms with Gasteiger partial charge in [0, 0.05) is 18.8 Å². The number of nitrogens with zero attached hydrogens (tertiary/aromatic N) is 2. The van der Waals surface area contributed by atoms with E-state index < -0.39 is 23.8 Å². The molecule has 0 spiro atoms. The number of allylic oxidation sites excluding steroid dienone is 1. The third-order valence-electron chi connectivity index (χ3n) is 4.45. The molecule has 0 aliphatic carbocycles. The van der Waals surface area contributed by atoms with Crippen LogP contribution < -0.4 is 11.2 Å². The number of rotatable bonds is 0. The van der Waals surface area contributed by atoms with Gasteiger partial charge >= 0.3 is 5.69 Å². The molecule has 8 nitrogen and oxygen atoms in total. The first-order valence-electron chi connectivity index (χ1n) is 8.02. The Balaban J connectivity index is 1.81. The first-order valence-corrected chi connectivity index (χ1v) is 8.02. The van der Waals surface area contributed by atoms with E-state index in [2.05, 4.69) is 0 Å². The Morgan fingerprint density at radius 1 is 1.17 bits per heavy atom. The molecule has 4 atom stereocenters. The van der Waals surface area contributed by atoms with E-state index in [1.807, 2.05) is 13.8 Å². The van der Waals surface area contributed by atoms with Crippen molar-refractivity contribution in [3.8, 4) is 0 Å². The minimum absolute atomic E-state index is 0.189. The SMILES string of the molecule is CC1(C)O[C@@H]2[C@H](O1)[C@H]1COC/C=C\Cn3c(=O)ccn(c3=O)[C@@H]2O1. The molecule has 0 N–H and O–H groups in total. The highest BCUT2D eigenvalue weighted by atomic mass is 16.8. The molecule has 0 radical (unpaired) electrons. The van der Waals surface area contributed by atoms with Gasteiger partial charge in [0.2, 0.25) is 0 Å². The fourth-order valence-electron chi connectivity index (χ4n) is 3.41. The van der Waals surface area contributed by atoms with Crippen LogP contribution in [0.3, 0.4) is 0 Å². The van der Waals surface area contributed by atoms with Gasteiger partial charge in [-0.05, 0) is 13.8 Å². The normalized spacial score (nSPS) is 35.8. The first kappa shape index (κ1) is 15.8. The molecular formula is C16H20N2O6. The van der Waals surface area contributed by atoms with E-state index >= 15 is 0 Å². The number of aromatic nitrogens is 2. The molecule has 1 aromatic heterocycles. The standard InChI is InChI=1S/C16H20N2O6/c1-16(2)23-12-10-9-21-8-4-3-6-17-11(19)5-7-18(15(17)20)14(22-10)13(12)24-16/h3-5,7,10,12-14H,6,8-9H2,1-2H3/b4-3-/t10-,12-,13-,14-/m1/s1. The summed E-state index contributed by atoms with van der Waals surface area (Å²) in [6.45, 7) is 4.57. The van der Waals surface area contributed by atoms with Crippen LogP contribution in [0.2, 0.25) is 0 Å². The van der Waals surface area contributed by atoms with Crippen LogP contribution in [0.15, 0.2) is 34.0 Å². The first-order chi connectivity index (χ1) is 11.5. The van der Waals surface area contributed by atoms with Gasteiger partial charge in [-0.25, -0.2) is 4.79 Å². The predicted molar refractivity (Wildman–Crippen MR) is 82.7 cm³/mol. The monoisotopic (exact) mass is 336 g/mol. The van der Waals surface area contributed by atoms with Gasteiger partial charge in [-0.2, -0.15) is 0 Å². The van der Waals surface area contributed by atoms with Crippen LogP contribution in [0, 0.1) is 0 Å². The topological polar surface area (TPSA) is 80.9 Å². The molecule has 0 unspecified atom stereocenters. The molecule has 0 amide bonds. The fourth-order valence-corrected chi connectivity index (χ4v) is 3.41. The molecule has 1 aromatic rings. The molecule has 3 aliphatic rings. The molecular weight excluding hydrogens is 316 g/mol. The third kappa shape index (κ3) is 2.55. The van der Waals surface area contributed by atoms with Crippen molar-refractivity contribution in [2.24, 2.45) is 0 Å². The maximum atomic E-state index is 12.7. The highest BCUT2D eigenvalue weighted by Gasteiger charge is 2.56. The minimum atomic E-state index is -0.759. The number of hydrogen-bond donors (Lipinski definition) is 0. The average molecular weight is 336 g/mol. The fraction of sp³-hybridized carbons (Fsp3) is 0.625. The van der Waals surface area contributed by atoms with Gasteiger partial charge in [0.05, 0.1) is 13.2 Å².